The van der Waals surface area contributed by atoms with Gasteiger partial charge in [0.25, 0.3) is 0 Å². The van der Waals surface area contributed by atoms with Crippen molar-refractivity contribution in [3.63, 3.8) is 0 Å². The van der Waals surface area contributed by atoms with Gasteiger partial charge in [-0.05, 0) is 31.0 Å². The summed E-state index contributed by atoms with van der Waals surface area (Å²) in [7, 11) is 0. The molecule has 4 rings (SSSR count). The van der Waals surface area contributed by atoms with Gasteiger partial charge in [-0.25, -0.2) is 0 Å². The quantitative estimate of drug-likeness (QED) is 0.835. The highest BCUT2D eigenvalue weighted by Crippen LogP contribution is 2.49. The third-order valence-corrected chi connectivity index (χ3v) is 5.24. The van der Waals surface area contributed by atoms with Crippen LogP contribution in [0, 0.1) is 5.92 Å². The number of nitrogens with zero attached hydrogens (tertiary/aromatic N) is 2. The van der Waals surface area contributed by atoms with Gasteiger partial charge in [0.1, 0.15) is 6.10 Å². The lowest BCUT2D eigenvalue weighted by Gasteiger charge is -2.32. The molecule has 2 aliphatic heterocycles. The molecule has 1 aromatic carbocycles. The lowest BCUT2D eigenvalue weighted by Crippen LogP contribution is -2.32. The molecular weight excluding hydrogens is 272 g/mol. The zero-order valence-corrected chi connectivity index (χ0v) is 13.4. The minimum absolute atomic E-state index is 0.275. The Morgan fingerprint density at radius 3 is 2.77 bits per heavy atom. The molecule has 4 atom stereocenters. The average Bonchev–Trinajstić information content (AvgIpc) is 3.11. The predicted octanol–water partition coefficient (Wildman–Crippen LogP) is 4.34. The molecule has 0 amide bonds. The molecule has 0 N–H and O–H groups in total. The van der Waals surface area contributed by atoms with Crippen LogP contribution in [0.25, 0.3) is 0 Å². The van der Waals surface area contributed by atoms with Crippen LogP contribution in [0.3, 0.4) is 0 Å². The van der Waals surface area contributed by atoms with Gasteiger partial charge >= 0.3 is 0 Å². The van der Waals surface area contributed by atoms with Crippen molar-refractivity contribution in [3.05, 3.63) is 59.9 Å². The topological polar surface area (TPSA) is 17.4 Å². The van der Waals surface area contributed by atoms with Gasteiger partial charge in [0.15, 0.2) is 0 Å². The summed E-state index contributed by atoms with van der Waals surface area (Å²) in [5.41, 5.74) is 2.73. The highest BCUT2D eigenvalue weighted by atomic mass is 16.7. The van der Waals surface area contributed by atoms with E-state index in [-0.39, 0.29) is 6.04 Å². The molecule has 1 aromatic heterocycles. The molecule has 0 saturated carbocycles. The summed E-state index contributed by atoms with van der Waals surface area (Å²) in [6.07, 6.45) is 4.96. The number of hydrogen-bond donors (Lipinski definition) is 0. The normalized spacial score (nSPS) is 28.5. The molecule has 3 nitrogen and oxygen atoms in total. The van der Waals surface area contributed by atoms with Crippen LogP contribution in [-0.4, -0.2) is 15.7 Å². The molecule has 3 heterocycles. The van der Waals surface area contributed by atoms with E-state index in [1.165, 1.54) is 24.1 Å². The maximum absolute atomic E-state index is 6.42. The number of fused-ring (bicyclic) bond motifs is 4. The summed E-state index contributed by atoms with van der Waals surface area (Å²) in [5, 5.41) is 2.26. The van der Waals surface area contributed by atoms with E-state index >= 15 is 0 Å². The maximum atomic E-state index is 6.42. The van der Waals surface area contributed by atoms with Crippen LogP contribution in [0.15, 0.2) is 48.7 Å². The Kier molecular flexibility index (Phi) is 3.55. The SMILES string of the molecule is CCC[C@@H]1[C@H]2Cn3cccc3[C@@H]1N([C@H](C)c1ccccc1)O2. The van der Waals surface area contributed by atoms with Crippen molar-refractivity contribution < 1.29 is 4.84 Å². The van der Waals surface area contributed by atoms with Gasteiger partial charge in [0.2, 0.25) is 0 Å². The van der Waals surface area contributed by atoms with Crippen molar-refractivity contribution in [1.29, 1.82) is 0 Å². The molecule has 2 aromatic rings. The molecule has 0 unspecified atom stereocenters. The molecule has 116 valence electrons. The average molecular weight is 296 g/mol. The van der Waals surface area contributed by atoms with Crippen molar-refractivity contribution >= 4 is 0 Å². The van der Waals surface area contributed by atoms with Crippen LogP contribution in [0.1, 0.15) is 50.0 Å². The van der Waals surface area contributed by atoms with Gasteiger partial charge in [-0.1, -0.05) is 43.7 Å². The van der Waals surface area contributed by atoms with E-state index in [1.54, 1.807) is 0 Å². The largest absolute Gasteiger partial charge is 0.347 e. The van der Waals surface area contributed by atoms with Crippen molar-refractivity contribution in [2.24, 2.45) is 5.92 Å². The lowest BCUT2D eigenvalue weighted by molar-refractivity contribution is -0.186. The first-order valence-electron chi connectivity index (χ1n) is 8.44. The monoisotopic (exact) mass is 296 g/mol. The summed E-state index contributed by atoms with van der Waals surface area (Å²) < 4.78 is 2.37. The van der Waals surface area contributed by atoms with Gasteiger partial charge in [-0.15, -0.1) is 0 Å². The third kappa shape index (κ3) is 2.11. The molecule has 2 aliphatic rings. The second kappa shape index (κ2) is 5.56. The number of rotatable bonds is 4. The highest BCUT2D eigenvalue weighted by molar-refractivity contribution is 5.22. The van der Waals surface area contributed by atoms with Gasteiger partial charge in [-0.3, -0.25) is 4.84 Å². The van der Waals surface area contributed by atoms with E-state index in [0.717, 1.165) is 6.54 Å². The number of aromatic nitrogens is 1. The van der Waals surface area contributed by atoms with Crippen molar-refractivity contribution in [2.75, 3.05) is 0 Å². The van der Waals surface area contributed by atoms with Crippen LogP contribution in [0.4, 0.5) is 0 Å². The summed E-state index contributed by atoms with van der Waals surface area (Å²) >= 11 is 0. The summed E-state index contributed by atoms with van der Waals surface area (Å²) in [6, 6.07) is 15.8. The Morgan fingerprint density at radius 1 is 1.18 bits per heavy atom. The van der Waals surface area contributed by atoms with Crippen LogP contribution < -0.4 is 0 Å². The number of hydrogen-bond acceptors (Lipinski definition) is 2. The molecule has 1 saturated heterocycles. The standard InChI is InChI=1S/C19H24N2O/c1-3-8-16-18-13-20-12-7-11-17(20)19(16)21(22-18)14(2)15-9-5-4-6-10-15/h4-7,9-12,14,16,18-19H,3,8,13H2,1-2H3/t14-,16-,18-,19-/m1/s1. The molecule has 2 bridgehead atoms. The van der Waals surface area contributed by atoms with Crippen LogP contribution in [-0.2, 0) is 11.4 Å². The predicted molar refractivity (Wildman–Crippen MR) is 87.1 cm³/mol. The number of hydroxylamine groups is 2. The number of benzene rings is 1. The van der Waals surface area contributed by atoms with Crippen LogP contribution in [0.2, 0.25) is 0 Å². The molecular formula is C19H24N2O. The fourth-order valence-corrected chi connectivity index (χ4v) is 4.15. The Morgan fingerprint density at radius 2 is 2.00 bits per heavy atom. The summed E-state index contributed by atoms with van der Waals surface area (Å²) in [5.74, 6) is 0.610. The smallest absolute Gasteiger partial charge is 0.102 e. The summed E-state index contributed by atoms with van der Waals surface area (Å²) in [6.45, 7) is 5.52. The first-order valence-corrected chi connectivity index (χ1v) is 8.44. The molecule has 1 fully saturated rings. The lowest BCUT2D eigenvalue weighted by atomic mass is 9.85. The van der Waals surface area contributed by atoms with E-state index in [0.29, 0.717) is 18.1 Å². The zero-order chi connectivity index (χ0) is 15.1. The first-order chi connectivity index (χ1) is 10.8. The van der Waals surface area contributed by atoms with E-state index in [9.17, 15) is 0 Å². The van der Waals surface area contributed by atoms with E-state index < -0.39 is 0 Å². The second-order valence-electron chi connectivity index (χ2n) is 6.57. The summed E-state index contributed by atoms with van der Waals surface area (Å²) in [4.78, 5) is 6.42. The van der Waals surface area contributed by atoms with Gasteiger partial charge in [0.05, 0.1) is 18.6 Å². The minimum Gasteiger partial charge on any atom is -0.347 e. The van der Waals surface area contributed by atoms with E-state index in [2.05, 4.69) is 72.1 Å². The highest BCUT2D eigenvalue weighted by Gasteiger charge is 2.49. The van der Waals surface area contributed by atoms with Crippen molar-refractivity contribution in [1.82, 2.24) is 9.63 Å². The Hall–Kier alpha value is -1.58. The second-order valence-corrected chi connectivity index (χ2v) is 6.57. The van der Waals surface area contributed by atoms with Gasteiger partial charge < -0.3 is 4.57 Å². The Balaban J connectivity index is 1.70. The van der Waals surface area contributed by atoms with E-state index in [1.807, 2.05) is 0 Å². The molecule has 0 aliphatic carbocycles. The fraction of sp³-hybridized carbons (Fsp3) is 0.474. The van der Waals surface area contributed by atoms with Crippen molar-refractivity contribution in [2.45, 2.75) is 51.4 Å². The van der Waals surface area contributed by atoms with Crippen molar-refractivity contribution in [3.8, 4) is 0 Å². The molecule has 0 radical (unpaired) electrons. The molecule has 0 spiro atoms. The van der Waals surface area contributed by atoms with E-state index in [4.69, 9.17) is 4.84 Å². The Bertz CT molecular complexity index is 636. The maximum Gasteiger partial charge on any atom is 0.102 e. The minimum atomic E-state index is 0.275. The first kappa shape index (κ1) is 14.0. The van der Waals surface area contributed by atoms with Gasteiger partial charge in [0, 0.05) is 17.8 Å². The third-order valence-electron chi connectivity index (χ3n) is 5.24. The fourth-order valence-electron chi connectivity index (χ4n) is 4.15. The zero-order valence-electron chi connectivity index (χ0n) is 13.4. The molecule has 22 heavy (non-hydrogen) atoms. The van der Waals surface area contributed by atoms with Crippen LogP contribution in [0.5, 0.6) is 0 Å². The van der Waals surface area contributed by atoms with Gasteiger partial charge in [-0.2, -0.15) is 5.06 Å². The van der Waals surface area contributed by atoms with Crippen LogP contribution >= 0.6 is 0 Å². The molecule has 3 heteroatoms. The Labute approximate surface area is 132 Å².